The molecule has 1 aliphatic heterocycles. The van der Waals surface area contributed by atoms with Gasteiger partial charge in [-0.3, -0.25) is 15.1 Å². The van der Waals surface area contributed by atoms with Crippen molar-refractivity contribution < 1.29 is 15.0 Å². The van der Waals surface area contributed by atoms with Gasteiger partial charge >= 0.3 is 0 Å². The van der Waals surface area contributed by atoms with Gasteiger partial charge in [0.2, 0.25) is 0 Å². The smallest absolute Gasteiger partial charge is 0.283 e. The summed E-state index contributed by atoms with van der Waals surface area (Å²) in [6.07, 6.45) is 3.93. The first kappa shape index (κ1) is 24.1. The number of halogens is 1. The van der Waals surface area contributed by atoms with Crippen molar-refractivity contribution in [1.82, 2.24) is 19.8 Å². The Morgan fingerprint density at radius 3 is 2.53 bits per heavy atom. The summed E-state index contributed by atoms with van der Waals surface area (Å²) < 4.78 is 0. The highest BCUT2D eigenvalue weighted by Crippen LogP contribution is 2.23. The van der Waals surface area contributed by atoms with E-state index in [0.717, 1.165) is 43.7 Å². The maximum Gasteiger partial charge on any atom is 0.283 e. The van der Waals surface area contributed by atoms with Gasteiger partial charge in [-0.15, -0.1) is 0 Å². The predicted octanol–water partition coefficient (Wildman–Crippen LogP) is -0.134. The number of aliphatic hydroxyl groups is 2. The van der Waals surface area contributed by atoms with Crippen LogP contribution in [0.5, 0.6) is 0 Å². The Labute approximate surface area is 180 Å². The lowest BCUT2D eigenvalue weighted by molar-refractivity contribution is 0.0466. The van der Waals surface area contributed by atoms with E-state index in [2.05, 4.69) is 14.9 Å². The second kappa shape index (κ2) is 11.3. The highest BCUT2D eigenvalue weighted by Gasteiger charge is 2.25. The van der Waals surface area contributed by atoms with Gasteiger partial charge in [-0.1, -0.05) is 24.4 Å². The van der Waals surface area contributed by atoms with Crippen molar-refractivity contribution in [2.75, 3.05) is 44.3 Å². The van der Waals surface area contributed by atoms with E-state index in [9.17, 15) is 9.90 Å². The Morgan fingerprint density at radius 2 is 1.93 bits per heavy atom. The maximum atomic E-state index is 12.7. The van der Waals surface area contributed by atoms with Gasteiger partial charge in [0.1, 0.15) is 0 Å². The number of likely N-dealkylation sites (tertiary alicyclic amines) is 1. The van der Waals surface area contributed by atoms with E-state index < -0.39 is 18.0 Å². The van der Waals surface area contributed by atoms with Gasteiger partial charge in [-0.05, 0) is 38.3 Å². The Hall–Kier alpha value is -2.21. The van der Waals surface area contributed by atoms with Crippen LogP contribution in [0.25, 0.3) is 0 Å². The van der Waals surface area contributed by atoms with E-state index in [0.29, 0.717) is 18.9 Å². The number of hydrogen-bond acceptors (Lipinski definition) is 9. The molecule has 0 bridgehead atoms. The molecule has 1 unspecified atom stereocenters. The molecule has 0 aromatic carbocycles. The second-order valence-corrected chi connectivity index (χ2v) is 7.91. The van der Waals surface area contributed by atoms with Crippen LogP contribution < -0.4 is 17.2 Å². The third-order valence-corrected chi connectivity index (χ3v) is 5.55. The van der Waals surface area contributed by atoms with E-state index in [1.807, 2.05) is 0 Å². The standard InChI is InChI=1S/C18H31ClN8O3/c19-14-16(21)25-15(20)13(24-14)17(30)27(18(22)23)6-2-1-3-11-4-7-26(8-5-11)9-12(29)10-28/h11-12,28-29H,1-10H2,(H3,22,23)(H4,20,21,25). The first-order valence-corrected chi connectivity index (χ1v) is 10.4. The van der Waals surface area contributed by atoms with Crippen LogP contribution in [0.15, 0.2) is 0 Å². The largest absolute Gasteiger partial charge is 0.394 e. The van der Waals surface area contributed by atoms with E-state index in [-0.39, 0.29) is 35.6 Å². The molecule has 12 heteroatoms. The molecule has 0 radical (unpaired) electrons. The molecule has 1 aromatic heterocycles. The summed E-state index contributed by atoms with van der Waals surface area (Å²) >= 11 is 5.83. The molecule has 9 N–H and O–H groups in total. The Balaban J connectivity index is 1.80. The molecule has 0 aliphatic carbocycles. The molecule has 0 saturated carbocycles. The third kappa shape index (κ3) is 6.66. The number of unbranched alkanes of at least 4 members (excludes halogenated alkanes) is 1. The molecule has 1 saturated heterocycles. The highest BCUT2D eigenvalue weighted by atomic mass is 35.5. The summed E-state index contributed by atoms with van der Waals surface area (Å²) in [5.74, 6) is -0.690. The monoisotopic (exact) mass is 442 g/mol. The van der Waals surface area contributed by atoms with Gasteiger partial charge in [0.25, 0.3) is 5.91 Å². The number of anilines is 2. The summed E-state index contributed by atoms with van der Waals surface area (Å²) in [6.45, 7) is 2.34. The second-order valence-electron chi connectivity index (χ2n) is 7.55. The number of β-amino-alcohol motifs (C(OH)–C–C–N with tert-alkyl or cyclic N) is 1. The highest BCUT2D eigenvalue weighted by molar-refractivity contribution is 6.31. The van der Waals surface area contributed by atoms with Crippen molar-refractivity contribution in [3.8, 4) is 0 Å². The third-order valence-electron chi connectivity index (χ3n) is 5.27. The molecule has 11 nitrogen and oxygen atoms in total. The molecule has 2 heterocycles. The van der Waals surface area contributed by atoms with E-state index in [1.54, 1.807) is 0 Å². The number of nitrogens with two attached hydrogens (primary N) is 3. The van der Waals surface area contributed by atoms with Crippen LogP contribution in [-0.2, 0) is 0 Å². The fourth-order valence-corrected chi connectivity index (χ4v) is 3.70. The summed E-state index contributed by atoms with van der Waals surface area (Å²) in [5, 5.41) is 26.1. The number of aromatic nitrogens is 2. The van der Waals surface area contributed by atoms with Gasteiger partial charge in [-0.25, -0.2) is 9.97 Å². The topological polar surface area (TPSA) is 192 Å². The number of rotatable bonds is 9. The first-order chi connectivity index (χ1) is 14.2. The van der Waals surface area contributed by atoms with Gasteiger partial charge in [-0.2, -0.15) is 0 Å². The number of hydrogen-bond donors (Lipinski definition) is 6. The van der Waals surface area contributed by atoms with E-state index in [1.165, 1.54) is 0 Å². The number of aliphatic hydroxyl groups excluding tert-OH is 2. The molecule has 1 amide bonds. The lowest BCUT2D eigenvalue weighted by atomic mass is 9.91. The van der Waals surface area contributed by atoms with Crippen LogP contribution in [-0.4, -0.2) is 80.7 Å². The van der Waals surface area contributed by atoms with Crippen LogP contribution in [0.3, 0.4) is 0 Å². The number of piperidine rings is 1. The van der Waals surface area contributed by atoms with Gasteiger partial charge in [0.15, 0.2) is 28.4 Å². The van der Waals surface area contributed by atoms with Crippen LogP contribution in [0.1, 0.15) is 42.6 Å². The molecule has 1 aromatic rings. The number of carbonyl (C=O) groups is 1. The lowest BCUT2D eigenvalue weighted by Gasteiger charge is -2.33. The zero-order valence-corrected chi connectivity index (χ0v) is 17.7. The molecule has 1 aliphatic rings. The fraction of sp³-hybridized carbons (Fsp3) is 0.667. The number of carbonyl (C=O) groups excluding carboxylic acids is 1. The van der Waals surface area contributed by atoms with Crippen molar-refractivity contribution >= 4 is 35.1 Å². The number of nitrogens with one attached hydrogen (secondary N) is 1. The van der Waals surface area contributed by atoms with Crippen LogP contribution in [0.4, 0.5) is 11.6 Å². The average molecular weight is 443 g/mol. The quantitative estimate of drug-likeness (QED) is 0.171. The van der Waals surface area contributed by atoms with Crippen molar-refractivity contribution in [3.63, 3.8) is 0 Å². The Morgan fingerprint density at radius 1 is 1.27 bits per heavy atom. The number of nitrogen functional groups attached to an aromatic ring is 2. The molecule has 30 heavy (non-hydrogen) atoms. The molecular formula is C18H31ClN8O3. The molecule has 0 spiro atoms. The molecular weight excluding hydrogens is 412 g/mol. The zero-order valence-electron chi connectivity index (χ0n) is 16.9. The Kier molecular flexibility index (Phi) is 9.03. The van der Waals surface area contributed by atoms with Gasteiger partial charge in [0, 0.05) is 13.1 Å². The number of nitrogens with zero attached hydrogens (tertiary/aromatic N) is 4. The van der Waals surface area contributed by atoms with Crippen molar-refractivity contribution in [1.29, 1.82) is 5.41 Å². The first-order valence-electron chi connectivity index (χ1n) is 9.98. The van der Waals surface area contributed by atoms with Crippen molar-refractivity contribution in [3.05, 3.63) is 10.8 Å². The zero-order chi connectivity index (χ0) is 22.3. The van der Waals surface area contributed by atoms with Gasteiger partial charge in [0.05, 0.1) is 12.7 Å². The summed E-state index contributed by atoms with van der Waals surface area (Å²) in [6, 6.07) is 0. The summed E-state index contributed by atoms with van der Waals surface area (Å²) in [5.41, 5.74) is 16.7. The van der Waals surface area contributed by atoms with Crippen LogP contribution in [0, 0.1) is 11.3 Å². The SMILES string of the molecule is N=C(N)N(CCCCC1CCN(CC(O)CO)CC1)C(=O)c1nc(Cl)c(N)nc1N. The number of guanidine groups is 1. The number of amides is 1. The molecule has 168 valence electrons. The van der Waals surface area contributed by atoms with Crippen molar-refractivity contribution in [2.45, 2.75) is 38.2 Å². The minimum absolute atomic E-state index is 0.0722. The average Bonchev–Trinajstić information content (AvgIpc) is 2.71. The maximum absolute atomic E-state index is 12.7. The molecule has 1 fully saturated rings. The van der Waals surface area contributed by atoms with Crippen LogP contribution >= 0.6 is 11.6 Å². The predicted molar refractivity (Wildman–Crippen MR) is 115 cm³/mol. The molecule has 1 atom stereocenters. The summed E-state index contributed by atoms with van der Waals surface area (Å²) in [4.78, 5) is 23.6. The minimum atomic E-state index is -0.689. The fourth-order valence-electron chi connectivity index (χ4n) is 3.57. The van der Waals surface area contributed by atoms with E-state index >= 15 is 0 Å². The van der Waals surface area contributed by atoms with Gasteiger partial charge < -0.3 is 32.3 Å². The summed E-state index contributed by atoms with van der Waals surface area (Å²) in [7, 11) is 0. The molecule has 2 rings (SSSR count). The van der Waals surface area contributed by atoms with Crippen molar-refractivity contribution in [2.24, 2.45) is 11.7 Å². The Bertz CT molecular complexity index is 742. The lowest BCUT2D eigenvalue weighted by Crippen LogP contribution is -2.42. The van der Waals surface area contributed by atoms with E-state index in [4.69, 9.17) is 39.3 Å². The minimum Gasteiger partial charge on any atom is -0.394 e. The van der Waals surface area contributed by atoms with Crippen LogP contribution in [0.2, 0.25) is 5.15 Å². The normalized spacial score (nSPS) is 16.4.